The molecule has 54 heavy (non-hydrogen) atoms. The highest BCUT2D eigenvalue weighted by molar-refractivity contribution is 7.11. The molecule has 7 aromatic heterocycles. The summed E-state index contributed by atoms with van der Waals surface area (Å²) in [5.74, 6) is 1.44. The van der Waals surface area contributed by atoms with Crippen LogP contribution in [0.5, 0.6) is 0 Å². The molecule has 10 nitrogen and oxygen atoms in total. The second kappa shape index (κ2) is 26.2. The maximum atomic E-state index is 4.22. The predicted molar refractivity (Wildman–Crippen MR) is 229 cm³/mol. The van der Waals surface area contributed by atoms with Gasteiger partial charge in [-0.3, -0.25) is 24.6 Å². The number of aryl methyl sites for hydroxylation is 13. The van der Waals surface area contributed by atoms with E-state index >= 15 is 0 Å². The van der Waals surface area contributed by atoms with Gasteiger partial charge in [0.15, 0.2) is 0 Å². The zero-order valence-corrected chi connectivity index (χ0v) is 37.2. The molecule has 0 aliphatic heterocycles. The first-order valence-electron chi connectivity index (χ1n) is 17.5. The van der Waals surface area contributed by atoms with Gasteiger partial charge in [0, 0.05) is 77.5 Å². The number of aromatic nitrogens is 10. The zero-order valence-electron chi connectivity index (χ0n) is 34.7. The van der Waals surface area contributed by atoms with Crippen LogP contribution in [0.1, 0.15) is 90.8 Å². The zero-order chi connectivity index (χ0) is 40.6. The van der Waals surface area contributed by atoms with Crippen molar-refractivity contribution < 1.29 is 0 Å². The normalized spacial score (nSPS) is 9.56. The van der Waals surface area contributed by atoms with E-state index in [2.05, 4.69) is 89.6 Å². The number of rotatable bonds is 1. The third-order valence-electron chi connectivity index (χ3n) is 6.40. The van der Waals surface area contributed by atoms with Gasteiger partial charge in [-0.15, -0.1) is 22.7 Å². The third kappa shape index (κ3) is 23.9. The molecule has 0 saturated heterocycles. The second-order valence-electron chi connectivity index (χ2n) is 12.7. The van der Waals surface area contributed by atoms with Crippen molar-refractivity contribution in [1.82, 2.24) is 49.0 Å². The van der Waals surface area contributed by atoms with E-state index in [1.807, 2.05) is 119 Å². The average molecular weight is 787 g/mol. The van der Waals surface area contributed by atoms with Crippen molar-refractivity contribution in [3.05, 3.63) is 144 Å². The van der Waals surface area contributed by atoms with Crippen molar-refractivity contribution in [3.63, 3.8) is 0 Å². The highest BCUT2D eigenvalue weighted by Crippen LogP contribution is 2.12. The molecule has 7 aromatic rings. The lowest BCUT2D eigenvalue weighted by Gasteiger charge is -1.92. The van der Waals surface area contributed by atoms with Gasteiger partial charge >= 0.3 is 0 Å². The van der Waals surface area contributed by atoms with Crippen LogP contribution in [0, 0.1) is 83.1 Å². The molecule has 0 unspecified atom stereocenters. The number of thiazole rings is 2. The Hall–Kier alpha value is -4.59. The Kier molecular flexibility index (Phi) is 23.0. The lowest BCUT2D eigenvalue weighted by Crippen LogP contribution is -1.88. The molecule has 290 valence electrons. The maximum absolute atomic E-state index is 4.22. The molecule has 0 aromatic carbocycles. The lowest BCUT2D eigenvalue weighted by atomic mass is 10.2. The van der Waals surface area contributed by atoms with Gasteiger partial charge in [-0.05, 0) is 130 Å². The minimum Gasteiger partial charge on any atom is -0.276 e. The SMILES string of the molecule is Cc1ccc(C)nc1.Cc1ccn(C)n1.Cc1ccnc(C)c1.Cc1cnc(C)cn1.Cc1cnc(C)s1.Cc1csc(C)n1.Cc1nc(C(C)C)ns1. The molecule has 0 atom stereocenters. The highest BCUT2D eigenvalue weighted by Gasteiger charge is 2.03. The summed E-state index contributed by atoms with van der Waals surface area (Å²) >= 11 is 4.90. The van der Waals surface area contributed by atoms with E-state index in [1.54, 1.807) is 39.7 Å². The maximum Gasteiger partial charge on any atom is 0.145 e. The Labute approximate surface area is 335 Å². The number of pyridine rings is 2. The van der Waals surface area contributed by atoms with Crippen LogP contribution >= 0.6 is 34.2 Å². The van der Waals surface area contributed by atoms with E-state index in [9.17, 15) is 0 Å². The molecular formula is C41H58N10S3. The fourth-order valence-electron chi connectivity index (χ4n) is 3.71. The fourth-order valence-corrected chi connectivity index (χ4v) is 5.58. The molecule has 0 spiro atoms. The second-order valence-corrected chi connectivity index (χ2v) is 16.2. The number of hydrogen-bond donors (Lipinski definition) is 0. The quantitative estimate of drug-likeness (QED) is 0.160. The van der Waals surface area contributed by atoms with Crippen molar-refractivity contribution in [2.75, 3.05) is 0 Å². The monoisotopic (exact) mass is 786 g/mol. The van der Waals surface area contributed by atoms with E-state index < -0.39 is 0 Å². The largest absolute Gasteiger partial charge is 0.276 e. The van der Waals surface area contributed by atoms with Gasteiger partial charge in [0.2, 0.25) is 0 Å². The fraction of sp³-hybridized carbons (Fsp3) is 0.390. The first-order chi connectivity index (χ1) is 25.4. The predicted octanol–water partition coefficient (Wildman–Crippen LogP) is 10.7. The van der Waals surface area contributed by atoms with Gasteiger partial charge < -0.3 is 0 Å². The molecule has 7 rings (SSSR count). The average Bonchev–Trinajstić information content (AvgIpc) is 3.91. The van der Waals surface area contributed by atoms with Crippen LogP contribution in [-0.4, -0.2) is 49.0 Å². The summed E-state index contributed by atoms with van der Waals surface area (Å²) < 4.78 is 5.93. The van der Waals surface area contributed by atoms with E-state index in [0.29, 0.717) is 5.92 Å². The van der Waals surface area contributed by atoms with Crippen molar-refractivity contribution in [2.45, 2.75) is 103 Å². The smallest absolute Gasteiger partial charge is 0.145 e. The Morgan fingerprint density at radius 1 is 0.556 bits per heavy atom. The summed E-state index contributed by atoms with van der Waals surface area (Å²) in [4.78, 5) is 29.8. The third-order valence-corrected chi connectivity index (χ3v) is 8.75. The Balaban J connectivity index is 0.000000316. The highest BCUT2D eigenvalue weighted by atomic mass is 32.1. The van der Waals surface area contributed by atoms with Crippen LogP contribution in [0.2, 0.25) is 0 Å². The summed E-state index contributed by atoms with van der Waals surface area (Å²) in [5.41, 5.74) is 8.80. The van der Waals surface area contributed by atoms with Gasteiger partial charge in [0.25, 0.3) is 0 Å². The Bertz CT molecular complexity index is 1750. The molecule has 0 saturated carbocycles. The first kappa shape index (κ1) is 47.4. The minimum absolute atomic E-state index is 0.468. The molecule has 0 N–H and O–H groups in total. The summed E-state index contributed by atoms with van der Waals surface area (Å²) in [6, 6.07) is 10.1. The number of nitrogens with zero attached hydrogens (tertiary/aromatic N) is 10. The Morgan fingerprint density at radius 2 is 1.20 bits per heavy atom. The van der Waals surface area contributed by atoms with E-state index in [1.165, 1.54) is 27.5 Å². The Morgan fingerprint density at radius 3 is 1.44 bits per heavy atom. The van der Waals surface area contributed by atoms with E-state index in [-0.39, 0.29) is 0 Å². The van der Waals surface area contributed by atoms with Crippen molar-refractivity contribution in [1.29, 1.82) is 0 Å². The number of hydrogen-bond acceptors (Lipinski definition) is 12. The summed E-state index contributed by atoms with van der Waals surface area (Å²) in [7, 11) is 1.91. The van der Waals surface area contributed by atoms with Crippen LogP contribution in [0.15, 0.2) is 72.9 Å². The van der Waals surface area contributed by atoms with Crippen LogP contribution < -0.4 is 0 Å². The lowest BCUT2D eigenvalue weighted by molar-refractivity contribution is 0.756. The molecule has 13 heteroatoms. The molecule has 0 radical (unpaired) electrons. The van der Waals surface area contributed by atoms with Gasteiger partial charge in [0.05, 0.1) is 27.1 Å². The van der Waals surface area contributed by atoms with Crippen LogP contribution in [0.3, 0.4) is 0 Å². The van der Waals surface area contributed by atoms with Crippen LogP contribution in [0.4, 0.5) is 0 Å². The molecule has 0 aliphatic carbocycles. The molecule has 0 fully saturated rings. The van der Waals surface area contributed by atoms with Crippen molar-refractivity contribution in [2.24, 2.45) is 7.05 Å². The van der Waals surface area contributed by atoms with E-state index in [0.717, 1.165) is 55.0 Å². The van der Waals surface area contributed by atoms with Crippen LogP contribution in [-0.2, 0) is 7.05 Å². The summed E-state index contributed by atoms with van der Waals surface area (Å²) in [5, 5.41) is 9.43. The molecule has 0 amide bonds. The van der Waals surface area contributed by atoms with Crippen LogP contribution in [0.25, 0.3) is 0 Å². The topological polar surface area (TPSA) is 121 Å². The standard InChI is InChI=1S/2C7H9N.C6H10N2S.C6H8N2.C5H8N2.2C5H7NS/c1-6-3-4-8-7(2)5-6;1-6-3-4-7(2)8-5-6;1-4(2)6-7-5(3)9-8-6;1-5-3-8-6(2)4-7-5;1-5-3-4-7(2)6-5;1-4-3-7-5(2)6-4;1-4-3-6-5(2)7-4/h2*3-5H,1-2H3;4H,1-3H3;3-4H,1-2H3;3-4H,1-2H3;2*3H,1-2H3. The van der Waals surface area contributed by atoms with Crippen molar-refractivity contribution in [3.8, 4) is 0 Å². The first-order valence-corrected chi connectivity index (χ1v) is 20.0. The summed E-state index contributed by atoms with van der Waals surface area (Å²) in [6.07, 6.45) is 11.0. The van der Waals surface area contributed by atoms with E-state index in [4.69, 9.17) is 0 Å². The minimum atomic E-state index is 0.468. The summed E-state index contributed by atoms with van der Waals surface area (Å²) in [6.45, 7) is 28.2. The molecule has 7 heterocycles. The molecule has 0 aliphatic rings. The molecular weight excluding hydrogens is 729 g/mol. The van der Waals surface area contributed by atoms with Gasteiger partial charge in [-0.2, -0.15) is 9.47 Å². The van der Waals surface area contributed by atoms with Gasteiger partial charge in [0.1, 0.15) is 10.8 Å². The molecule has 0 bridgehead atoms. The van der Waals surface area contributed by atoms with Gasteiger partial charge in [-0.1, -0.05) is 19.9 Å². The van der Waals surface area contributed by atoms with Gasteiger partial charge in [-0.25, -0.2) is 15.0 Å². The van der Waals surface area contributed by atoms with Crippen molar-refractivity contribution >= 4 is 34.2 Å².